The van der Waals surface area contributed by atoms with Crippen LogP contribution in [0, 0.1) is 5.92 Å². The standard InChI is InChI=1S/C17H23ClN2O3/c1-11-6-8-20(10-15(11)21)17(22)19-14-7-9-23-16(14)12-2-4-13(18)5-3-12/h2-5,11,14-16,21H,6-10H2,1H3,(H,19,22). The highest BCUT2D eigenvalue weighted by Crippen LogP contribution is 2.30. The van der Waals surface area contributed by atoms with E-state index in [1.54, 1.807) is 4.90 Å². The molecule has 0 spiro atoms. The molecule has 6 heteroatoms. The lowest BCUT2D eigenvalue weighted by Crippen LogP contribution is -2.52. The molecule has 3 rings (SSSR count). The minimum Gasteiger partial charge on any atom is -0.391 e. The van der Waals surface area contributed by atoms with Gasteiger partial charge in [0.1, 0.15) is 6.10 Å². The van der Waals surface area contributed by atoms with E-state index in [1.165, 1.54) is 0 Å². The third kappa shape index (κ3) is 3.79. The molecular formula is C17H23ClN2O3. The number of nitrogens with zero attached hydrogens (tertiary/aromatic N) is 1. The molecule has 2 aliphatic rings. The molecule has 1 aromatic carbocycles. The van der Waals surface area contributed by atoms with E-state index in [2.05, 4.69) is 5.32 Å². The van der Waals surface area contributed by atoms with Crippen molar-refractivity contribution in [1.82, 2.24) is 10.2 Å². The Labute approximate surface area is 141 Å². The fourth-order valence-corrected chi connectivity index (χ4v) is 3.33. The van der Waals surface area contributed by atoms with Gasteiger partial charge in [0.2, 0.25) is 0 Å². The van der Waals surface area contributed by atoms with Gasteiger partial charge in [-0.3, -0.25) is 0 Å². The van der Waals surface area contributed by atoms with Crippen LogP contribution in [0.1, 0.15) is 31.4 Å². The molecular weight excluding hydrogens is 316 g/mol. The first kappa shape index (κ1) is 16.6. The van der Waals surface area contributed by atoms with Gasteiger partial charge in [-0.25, -0.2) is 4.79 Å². The van der Waals surface area contributed by atoms with Crippen LogP contribution in [0.3, 0.4) is 0 Å². The van der Waals surface area contributed by atoms with Crippen molar-refractivity contribution in [3.63, 3.8) is 0 Å². The molecule has 5 nitrogen and oxygen atoms in total. The molecule has 23 heavy (non-hydrogen) atoms. The van der Waals surface area contributed by atoms with E-state index in [4.69, 9.17) is 16.3 Å². The molecule has 2 aliphatic heterocycles. The number of urea groups is 1. The predicted octanol–water partition coefficient (Wildman–Crippen LogP) is 2.58. The maximum absolute atomic E-state index is 12.5. The fourth-order valence-electron chi connectivity index (χ4n) is 3.20. The van der Waals surface area contributed by atoms with Crippen molar-refractivity contribution >= 4 is 17.6 Å². The van der Waals surface area contributed by atoms with Crippen LogP contribution in [-0.2, 0) is 4.74 Å². The molecule has 2 heterocycles. The number of aliphatic hydroxyl groups is 1. The number of β-amino-alcohol motifs (C(OH)–C–C–N with tert-alkyl or cyclic N) is 1. The third-order valence-electron chi connectivity index (χ3n) is 4.80. The normalized spacial score (nSPS) is 31.2. The summed E-state index contributed by atoms with van der Waals surface area (Å²) in [6.45, 7) is 3.72. The number of amides is 2. The minimum absolute atomic E-state index is 0.0554. The van der Waals surface area contributed by atoms with Crippen LogP contribution in [0.15, 0.2) is 24.3 Å². The van der Waals surface area contributed by atoms with Crippen molar-refractivity contribution in [2.45, 2.75) is 38.0 Å². The SMILES string of the molecule is CC1CCN(C(=O)NC2CCOC2c2ccc(Cl)cc2)CC1O. The van der Waals surface area contributed by atoms with Crippen LogP contribution >= 0.6 is 11.6 Å². The van der Waals surface area contributed by atoms with Crippen LogP contribution in [-0.4, -0.2) is 47.9 Å². The number of benzene rings is 1. The summed E-state index contributed by atoms with van der Waals surface area (Å²) in [6, 6.07) is 7.36. The second-order valence-corrected chi connectivity index (χ2v) is 6.90. The number of piperidine rings is 1. The summed E-state index contributed by atoms with van der Waals surface area (Å²) < 4.78 is 5.79. The third-order valence-corrected chi connectivity index (χ3v) is 5.06. The zero-order valence-electron chi connectivity index (χ0n) is 13.2. The number of ether oxygens (including phenoxy) is 1. The molecule has 4 unspecified atom stereocenters. The molecule has 1 aromatic rings. The Morgan fingerprint density at radius 3 is 2.78 bits per heavy atom. The highest BCUT2D eigenvalue weighted by Gasteiger charge is 2.34. The molecule has 126 valence electrons. The maximum atomic E-state index is 12.5. The van der Waals surface area contributed by atoms with Crippen molar-refractivity contribution < 1.29 is 14.6 Å². The first-order valence-electron chi connectivity index (χ1n) is 8.15. The maximum Gasteiger partial charge on any atom is 0.317 e. The molecule has 0 radical (unpaired) electrons. The van der Waals surface area contributed by atoms with Crippen LogP contribution < -0.4 is 5.32 Å². The second-order valence-electron chi connectivity index (χ2n) is 6.47. The van der Waals surface area contributed by atoms with E-state index in [0.29, 0.717) is 24.7 Å². The van der Waals surface area contributed by atoms with Gasteiger partial charge in [-0.05, 0) is 36.5 Å². The second kappa shape index (κ2) is 7.07. The molecule has 2 fully saturated rings. The van der Waals surface area contributed by atoms with Gasteiger partial charge in [-0.15, -0.1) is 0 Å². The van der Waals surface area contributed by atoms with Crippen molar-refractivity contribution in [3.05, 3.63) is 34.9 Å². The van der Waals surface area contributed by atoms with E-state index < -0.39 is 6.10 Å². The first-order valence-corrected chi connectivity index (χ1v) is 8.53. The lowest BCUT2D eigenvalue weighted by Gasteiger charge is -2.35. The van der Waals surface area contributed by atoms with Gasteiger partial charge in [0.05, 0.1) is 12.1 Å². The monoisotopic (exact) mass is 338 g/mol. The van der Waals surface area contributed by atoms with Gasteiger partial charge in [0.25, 0.3) is 0 Å². The van der Waals surface area contributed by atoms with E-state index in [1.807, 2.05) is 31.2 Å². The van der Waals surface area contributed by atoms with Crippen molar-refractivity contribution in [2.75, 3.05) is 19.7 Å². The number of carbonyl (C=O) groups excluding carboxylic acids is 1. The average Bonchev–Trinajstić information content (AvgIpc) is 2.99. The average molecular weight is 339 g/mol. The fraction of sp³-hybridized carbons (Fsp3) is 0.588. The van der Waals surface area contributed by atoms with Crippen molar-refractivity contribution in [3.8, 4) is 0 Å². The number of nitrogens with one attached hydrogen (secondary N) is 1. The number of carbonyl (C=O) groups is 1. The lowest BCUT2D eigenvalue weighted by atomic mass is 9.96. The number of aliphatic hydroxyl groups excluding tert-OH is 1. The van der Waals surface area contributed by atoms with E-state index in [9.17, 15) is 9.90 Å². The Morgan fingerprint density at radius 2 is 2.09 bits per heavy atom. The van der Waals surface area contributed by atoms with Crippen LogP contribution in [0.5, 0.6) is 0 Å². The molecule has 2 N–H and O–H groups in total. The highest BCUT2D eigenvalue weighted by atomic mass is 35.5. The summed E-state index contributed by atoms with van der Waals surface area (Å²) in [5.41, 5.74) is 1.02. The molecule has 2 saturated heterocycles. The van der Waals surface area contributed by atoms with Crippen molar-refractivity contribution in [1.29, 1.82) is 0 Å². The van der Waals surface area contributed by atoms with E-state index in [0.717, 1.165) is 18.4 Å². The number of hydrogen-bond acceptors (Lipinski definition) is 3. The Hall–Kier alpha value is -1.30. The Morgan fingerprint density at radius 1 is 1.35 bits per heavy atom. The summed E-state index contributed by atoms with van der Waals surface area (Å²) in [6.07, 6.45) is 1.02. The molecule has 2 amide bonds. The van der Waals surface area contributed by atoms with Gasteiger partial charge in [-0.1, -0.05) is 30.7 Å². The number of likely N-dealkylation sites (tertiary alicyclic amines) is 1. The Balaban J connectivity index is 1.62. The largest absolute Gasteiger partial charge is 0.391 e. The first-order chi connectivity index (χ1) is 11.0. The van der Waals surface area contributed by atoms with Gasteiger partial charge in [0, 0.05) is 24.7 Å². The summed E-state index contributed by atoms with van der Waals surface area (Å²) in [5, 5.41) is 13.7. The molecule has 0 bridgehead atoms. The van der Waals surface area contributed by atoms with Crippen molar-refractivity contribution in [2.24, 2.45) is 5.92 Å². The van der Waals surface area contributed by atoms with Gasteiger partial charge >= 0.3 is 6.03 Å². The Bertz CT molecular complexity index is 551. The molecule has 0 aromatic heterocycles. The Kier molecular flexibility index (Phi) is 5.09. The summed E-state index contributed by atoms with van der Waals surface area (Å²) in [7, 11) is 0. The van der Waals surface area contributed by atoms with Gasteiger partial charge in [-0.2, -0.15) is 0 Å². The topological polar surface area (TPSA) is 61.8 Å². The van der Waals surface area contributed by atoms with Crippen LogP contribution in [0.4, 0.5) is 4.79 Å². The van der Waals surface area contributed by atoms with E-state index >= 15 is 0 Å². The van der Waals surface area contributed by atoms with Gasteiger partial charge < -0.3 is 20.1 Å². The molecule has 0 aliphatic carbocycles. The summed E-state index contributed by atoms with van der Waals surface area (Å²) >= 11 is 5.93. The molecule has 0 saturated carbocycles. The zero-order valence-corrected chi connectivity index (χ0v) is 14.0. The number of hydrogen-bond donors (Lipinski definition) is 2. The summed E-state index contributed by atoms with van der Waals surface area (Å²) in [4.78, 5) is 14.2. The number of halogens is 1. The number of rotatable bonds is 2. The van der Waals surface area contributed by atoms with Crippen LogP contribution in [0.2, 0.25) is 5.02 Å². The van der Waals surface area contributed by atoms with Gasteiger partial charge in [0.15, 0.2) is 0 Å². The van der Waals surface area contributed by atoms with Crippen LogP contribution in [0.25, 0.3) is 0 Å². The minimum atomic E-state index is -0.443. The van der Waals surface area contributed by atoms with E-state index in [-0.39, 0.29) is 24.1 Å². The molecule has 4 atom stereocenters. The summed E-state index contributed by atoms with van der Waals surface area (Å²) in [5.74, 6) is 0.246. The smallest absolute Gasteiger partial charge is 0.317 e. The quantitative estimate of drug-likeness (QED) is 0.871. The predicted molar refractivity (Wildman–Crippen MR) is 88.4 cm³/mol. The highest BCUT2D eigenvalue weighted by molar-refractivity contribution is 6.30. The lowest BCUT2D eigenvalue weighted by molar-refractivity contribution is 0.0415. The zero-order chi connectivity index (χ0) is 16.4.